The van der Waals surface area contributed by atoms with Crippen molar-refractivity contribution >= 4 is 11.6 Å². The Kier molecular flexibility index (Phi) is 5.14. The quantitative estimate of drug-likeness (QED) is 0.891. The Labute approximate surface area is 137 Å². The second-order valence-electron chi connectivity index (χ2n) is 5.95. The van der Waals surface area contributed by atoms with Gasteiger partial charge in [0.05, 0.1) is 12.1 Å². The first-order valence-electron chi connectivity index (χ1n) is 7.98. The van der Waals surface area contributed by atoms with Crippen molar-refractivity contribution in [2.75, 3.05) is 13.1 Å². The monoisotopic (exact) mass is 315 g/mol. The summed E-state index contributed by atoms with van der Waals surface area (Å²) in [5.41, 5.74) is 2.09. The molecule has 0 saturated carbocycles. The van der Waals surface area contributed by atoms with Crippen LogP contribution >= 0.6 is 11.6 Å². The maximum Gasteiger partial charge on any atom is 0.0986 e. The molecule has 0 spiro atoms. The van der Waals surface area contributed by atoms with Crippen LogP contribution in [0.3, 0.4) is 0 Å². The summed E-state index contributed by atoms with van der Waals surface area (Å²) < 4.78 is 0. The molecule has 2 unspecified atom stereocenters. The molecular formula is C19H22ClNO. The standard InChI is InChI=1S/C19H22ClNO/c20-17-11-9-15(10-12-17)18(21-13-5-2-6-14-21)19(22)16-7-3-1-4-8-16/h1,3-4,7-12,18-19,22H,2,5-6,13-14H2. The molecule has 1 fully saturated rings. The molecule has 1 aliphatic rings. The molecule has 0 aliphatic carbocycles. The maximum atomic E-state index is 11.0. The minimum absolute atomic E-state index is 0.0139. The molecule has 2 aromatic rings. The second-order valence-corrected chi connectivity index (χ2v) is 6.38. The summed E-state index contributed by atoms with van der Waals surface area (Å²) in [4.78, 5) is 2.41. The Morgan fingerprint density at radius 3 is 2.09 bits per heavy atom. The van der Waals surface area contributed by atoms with Gasteiger partial charge in [-0.3, -0.25) is 4.90 Å². The molecule has 116 valence electrons. The summed E-state index contributed by atoms with van der Waals surface area (Å²) in [5, 5.41) is 11.7. The highest BCUT2D eigenvalue weighted by molar-refractivity contribution is 6.30. The summed E-state index contributed by atoms with van der Waals surface area (Å²) >= 11 is 6.02. The lowest BCUT2D eigenvalue weighted by Crippen LogP contribution is -2.37. The van der Waals surface area contributed by atoms with Crippen molar-refractivity contribution < 1.29 is 5.11 Å². The molecule has 1 saturated heterocycles. The number of benzene rings is 2. The highest BCUT2D eigenvalue weighted by Gasteiger charge is 2.29. The van der Waals surface area contributed by atoms with E-state index in [9.17, 15) is 5.11 Å². The lowest BCUT2D eigenvalue weighted by molar-refractivity contribution is 0.0362. The van der Waals surface area contributed by atoms with E-state index in [4.69, 9.17) is 11.6 Å². The Morgan fingerprint density at radius 2 is 1.45 bits per heavy atom. The van der Waals surface area contributed by atoms with Crippen LogP contribution in [0.25, 0.3) is 0 Å². The number of piperidine rings is 1. The smallest absolute Gasteiger partial charge is 0.0986 e. The fraction of sp³-hybridized carbons (Fsp3) is 0.368. The molecule has 22 heavy (non-hydrogen) atoms. The lowest BCUT2D eigenvalue weighted by atomic mass is 9.93. The molecular weight excluding hydrogens is 294 g/mol. The van der Waals surface area contributed by atoms with E-state index in [1.54, 1.807) is 0 Å². The van der Waals surface area contributed by atoms with Crippen LogP contribution in [0.15, 0.2) is 54.6 Å². The summed E-state index contributed by atoms with van der Waals surface area (Å²) in [6.45, 7) is 2.08. The normalized spacial score (nSPS) is 18.8. The zero-order valence-electron chi connectivity index (χ0n) is 12.7. The minimum Gasteiger partial charge on any atom is -0.386 e. The zero-order chi connectivity index (χ0) is 15.4. The highest BCUT2D eigenvalue weighted by Crippen LogP contribution is 2.36. The third-order valence-electron chi connectivity index (χ3n) is 4.44. The number of aliphatic hydroxyl groups is 1. The van der Waals surface area contributed by atoms with E-state index in [0.717, 1.165) is 29.2 Å². The van der Waals surface area contributed by atoms with E-state index in [-0.39, 0.29) is 6.04 Å². The summed E-state index contributed by atoms with van der Waals surface area (Å²) in [5.74, 6) is 0. The minimum atomic E-state index is -0.527. The van der Waals surface area contributed by atoms with Gasteiger partial charge in [0.2, 0.25) is 0 Å². The van der Waals surface area contributed by atoms with Gasteiger partial charge in [-0.25, -0.2) is 0 Å². The number of likely N-dealkylation sites (tertiary alicyclic amines) is 1. The molecule has 0 bridgehead atoms. The van der Waals surface area contributed by atoms with Crippen LogP contribution in [-0.2, 0) is 0 Å². The van der Waals surface area contributed by atoms with Gasteiger partial charge in [0.1, 0.15) is 0 Å². The average Bonchev–Trinajstić information content (AvgIpc) is 2.58. The first-order chi connectivity index (χ1) is 10.8. The van der Waals surface area contributed by atoms with Crippen molar-refractivity contribution in [3.8, 4) is 0 Å². The van der Waals surface area contributed by atoms with E-state index in [0.29, 0.717) is 0 Å². The van der Waals surface area contributed by atoms with E-state index in [2.05, 4.69) is 4.90 Å². The van der Waals surface area contributed by atoms with Gasteiger partial charge in [-0.05, 0) is 49.2 Å². The lowest BCUT2D eigenvalue weighted by Gasteiger charge is -2.37. The van der Waals surface area contributed by atoms with Crippen LogP contribution in [0, 0.1) is 0 Å². The van der Waals surface area contributed by atoms with Gasteiger partial charge in [0.25, 0.3) is 0 Å². The zero-order valence-corrected chi connectivity index (χ0v) is 13.4. The molecule has 2 nitrogen and oxygen atoms in total. The van der Waals surface area contributed by atoms with E-state index < -0.39 is 6.10 Å². The van der Waals surface area contributed by atoms with Gasteiger partial charge in [-0.15, -0.1) is 0 Å². The molecule has 3 heteroatoms. The number of hydrogen-bond acceptors (Lipinski definition) is 2. The third kappa shape index (κ3) is 3.52. The predicted molar refractivity (Wildman–Crippen MR) is 91.0 cm³/mol. The summed E-state index contributed by atoms with van der Waals surface area (Å²) in [6, 6.07) is 17.8. The molecule has 1 N–H and O–H groups in total. The topological polar surface area (TPSA) is 23.5 Å². The average molecular weight is 316 g/mol. The van der Waals surface area contributed by atoms with Crippen molar-refractivity contribution in [3.05, 3.63) is 70.7 Å². The largest absolute Gasteiger partial charge is 0.386 e. The fourth-order valence-electron chi connectivity index (χ4n) is 3.28. The van der Waals surface area contributed by atoms with Crippen LogP contribution in [0.1, 0.15) is 42.5 Å². The number of halogens is 1. The van der Waals surface area contributed by atoms with Crippen molar-refractivity contribution in [2.45, 2.75) is 31.4 Å². The van der Waals surface area contributed by atoms with Crippen LogP contribution in [0.4, 0.5) is 0 Å². The van der Waals surface area contributed by atoms with Gasteiger partial charge >= 0.3 is 0 Å². The number of hydrogen-bond donors (Lipinski definition) is 1. The Balaban J connectivity index is 1.93. The molecule has 0 amide bonds. The van der Waals surface area contributed by atoms with Gasteiger partial charge in [0.15, 0.2) is 0 Å². The molecule has 1 heterocycles. The molecule has 1 aliphatic heterocycles. The molecule has 2 aromatic carbocycles. The molecule has 0 aromatic heterocycles. The second kappa shape index (κ2) is 7.28. The van der Waals surface area contributed by atoms with Crippen molar-refractivity contribution in [1.82, 2.24) is 4.90 Å². The Hall–Kier alpha value is -1.35. The third-order valence-corrected chi connectivity index (χ3v) is 4.69. The van der Waals surface area contributed by atoms with Gasteiger partial charge in [-0.2, -0.15) is 0 Å². The van der Waals surface area contributed by atoms with Gasteiger partial charge in [-0.1, -0.05) is 60.5 Å². The molecule has 0 radical (unpaired) electrons. The fourth-order valence-corrected chi connectivity index (χ4v) is 3.41. The van der Waals surface area contributed by atoms with Crippen molar-refractivity contribution in [2.24, 2.45) is 0 Å². The van der Waals surface area contributed by atoms with Crippen molar-refractivity contribution in [3.63, 3.8) is 0 Å². The van der Waals surface area contributed by atoms with Gasteiger partial charge in [0, 0.05) is 5.02 Å². The number of rotatable bonds is 4. The van der Waals surface area contributed by atoms with E-state index in [1.165, 1.54) is 19.3 Å². The SMILES string of the molecule is OC(c1ccccc1)C(c1ccc(Cl)cc1)N1CCCCC1. The highest BCUT2D eigenvalue weighted by atomic mass is 35.5. The van der Waals surface area contributed by atoms with Crippen LogP contribution in [0.5, 0.6) is 0 Å². The van der Waals surface area contributed by atoms with Crippen LogP contribution in [-0.4, -0.2) is 23.1 Å². The first kappa shape index (κ1) is 15.5. The number of nitrogens with zero attached hydrogens (tertiary/aromatic N) is 1. The molecule has 2 atom stereocenters. The van der Waals surface area contributed by atoms with Crippen molar-refractivity contribution in [1.29, 1.82) is 0 Å². The predicted octanol–water partition coefficient (Wildman–Crippen LogP) is 4.60. The molecule has 3 rings (SSSR count). The summed E-state index contributed by atoms with van der Waals surface area (Å²) in [7, 11) is 0. The van der Waals surface area contributed by atoms with E-state index >= 15 is 0 Å². The first-order valence-corrected chi connectivity index (χ1v) is 8.36. The van der Waals surface area contributed by atoms with Crippen LogP contribution < -0.4 is 0 Å². The number of aliphatic hydroxyl groups excluding tert-OH is 1. The maximum absolute atomic E-state index is 11.0. The Morgan fingerprint density at radius 1 is 0.818 bits per heavy atom. The van der Waals surface area contributed by atoms with Gasteiger partial charge < -0.3 is 5.11 Å². The Bertz CT molecular complexity index is 578. The van der Waals surface area contributed by atoms with E-state index in [1.807, 2.05) is 54.6 Å². The summed E-state index contributed by atoms with van der Waals surface area (Å²) in [6.07, 6.45) is 3.16. The van der Waals surface area contributed by atoms with Crippen LogP contribution in [0.2, 0.25) is 5.02 Å².